The third-order valence-electron chi connectivity index (χ3n) is 6.96. The Balaban J connectivity index is 1.94. The van der Waals surface area contributed by atoms with Gasteiger partial charge in [-0.25, -0.2) is 4.79 Å². The van der Waals surface area contributed by atoms with E-state index in [1.54, 1.807) is 0 Å². The van der Waals surface area contributed by atoms with Crippen molar-refractivity contribution in [3.8, 4) is 11.8 Å². The summed E-state index contributed by atoms with van der Waals surface area (Å²) in [7, 11) is -0.378. The standard InChI is InChI=1S/C29H37NO3Si/c1-22-27(28(31)32-5)25-17-12-11-16-24(25)26(19-18-23-14-9-8-10-15-23)30(22)20-13-21-33-34(6,7)29(2,3)4/h8-12,14-17,26H,13,20-21H2,1-7H3. The molecule has 0 bridgehead atoms. The fraction of sp³-hybridized carbons (Fsp3) is 0.414. The van der Waals surface area contributed by atoms with Gasteiger partial charge in [-0.3, -0.25) is 0 Å². The van der Waals surface area contributed by atoms with Crippen molar-refractivity contribution < 1.29 is 14.0 Å². The quantitative estimate of drug-likeness (QED) is 0.209. The molecule has 34 heavy (non-hydrogen) atoms. The maximum atomic E-state index is 12.8. The van der Waals surface area contributed by atoms with Crippen molar-refractivity contribution in [3.63, 3.8) is 0 Å². The first kappa shape index (κ1) is 25.8. The highest BCUT2D eigenvalue weighted by Crippen LogP contribution is 2.40. The van der Waals surface area contributed by atoms with Crippen molar-refractivity contribution in [1.82, 2.24) is 4.90 Å². The number of hydrogen-bond donors (Lipinski definition) is 0. The lowest BCUT2D eigenvalue weighted by molar-refractivity contribution is -0.133. The molecule has 1 aliphatic heterocycles. The van der Waals surface area contributed by atoms with Gasteiger partial charge in [-0.2, -0.15) is 0 Å². The summed E-state index contributed by atoms with van der Waals surface area (Å²) in [5, 5.41) is 0.175. The molecule has 0 N–H and O–H groups in total. The van der Waals surface area contributed by atoms with Crippen LogP contribution in [0.5, 0.6) is 0 Å². The van der Waals surface area contributed by atoms with Gasteiger partial charge in [0.2, 0.25) is 0 Å². The van der Waals surface area contributed by atoms with Gasteiger partial charge in [0.25, 0.3) is 0 Å². The zero-order valence-electron chi connectivity index (χ0n) is 21.6. The lowest BCUT2D eigenvalue weighted by Gasteiger charge is -2.39. The Morgan fingerprint density at radius 1 is 1.06 bits per heavy atom. The molecule has 0 amide bonds. The van der Waals surface area contributed by atoms with Gasteiger partial charge in [0, 0.05) is 24.4 Å². The largest absolute Gasteiger partial charge is 0.465 e. The van der Waals surface area contributed by atoms with Gasteiger partial charge >= 0.3 is 5.97 Å². The Labute approximate surface area is 206 Å². The van der Waals surface area contributed by atoms with E-state index in [9.17, 15) is 4.79 Å². The zero-order valence-corrected chi connectivity index (χ0v) is 22.6. The molecule has 0 radical (unpaired) electrons. The Hall–Kier alpha value is -2.81. The van der Waals surface area contributed by atoms with Crippen LogP contribution in [0.15, 0.2) is 60.3 Å². The maximum Gasteiger partial charge on any atom is 0.340 e. The second kappa shape index (κ2) is 10.6. The number of fused-ring (bicyclic) bond motifs is 1. The van der Waals surface area contributed by atoms with Gasteiger partial charge < -0.3 is 14.1 Å². The fourth-order valence-electron chi connectivity index (χ4n) is 3.93. The minimum atomic E-state index is -1.81. The number of esters is 1. The SMILES string of the molecule is COC(=O)C1=C(C)N(CCCO[Si](C)(C)C(C)(C)C)C(C#Cc2ccccc2)c2ccccc21. The van der Waals surface area contributed by atoms with Gasteiger partial charge in [0.1, 0.15) is 6.04 Å². The van der Waals surface area contributed by atoms with Crippen LogP contribution in [0.3, 0.4) is 0 Å². The molecular weight excluding hydrogens is 438 g/mol. The number of benzene rings is 2. The molecule has 0 fully saturated rings. The Morgan fingerprint density at radius 3 is 2.35 bits per heavy atom. The number of allylic oxidation sites excluding steroid dienone is 1. The molecule has 1 heterocycles. The molecule has 2 aromatic rings. The summed E-state index contributed by atoms with van der Waals surface area (Å²) in [6, 6.07) is 17.9. The molecule has 1 aliphatic rings. The number of nitrogens with zero attached hydrogens (tertiary/aromatic N) is 1. The van der Waals surface area contributed by atoms with E-state index < -0.39 is 8.32 Å². The minimum Gasteiger partial charge on any atom is -0.465 e. The lowest BCUT2D eigenvalue weighted by atomic mass is 9.88. The van der Waals surface area contributed by atoms with E-state index in [2.05, 4.69) is 56.7 Å². The van der Waals surface area contributed by atoms with E-state index in [0.29, 0.717) is 12.2 Å². The smallest absolute Gasteiger partial charge is 0.340 e. The molecule has 5 heteroatoms. The fourth-order valence-corrected chi connectivity index (χ4v) is 5.01. The molecule has 1 unspecified atom stereocenters. The normalized spacial score (nSPS) is 16.0. The van der Waals surface area contributed by atoms with Gasteiger partial charge in [-0.1, -0.05) is 75.1 Å². The molecule has 4 nitrogen and oxygen atoms in total. The average Bonchev–Trinajstić information content (AvgIpc) is 2.80. The topological polar surface area (TPSA) is 38.8 Å². The van der Waals surface area contributed by atoms with E-state index >= 15 is 0 Å². The number of methoxy groups -OCH3 is 1. The molecule has 3 rings (SSSR count). The summed E-state index contributed by atoms with van der Waals surface area (Å²) in [4.78, 5) is 15.0. The molecule has 0 saturated carbocycles. The van der Waals surface area contributed by atoms with Crippen molar-refractivity contribution in [2.75, 3.05) is 20.3 Å². The van der Waals surface area contributed by atoms with Gasteiger partial charge in [0.15, 0.2) is 8.32 Å². The predicted octanol–water partition coefficient (Wildman–Crippen LogP) is 6.41. The van der Waals surface area contributed by atoms with E-state index in [1.807, 2.05) is 55.5 Å². The first-order valence-corrected chi connectivity index (χ1v) is 14.8. The monoisotopic (exact) mass is 475 g/mol. The van der Waals surface area contributed by atoms with E-state index in [0.717, 1.165) is 35.4 Å². The van der Waals surface area contributed by atoms with Crippen LogP contribution in [0, 0.1) is 11.8 Å². The van der Waals surface area contributed by atoms with Crippen LogP contribution in [0.1, 0.15) is 56.8 Å². The van der Waals surface area contributed by atoms with E-state index in [4.69, 9.17) is 9.16 Å². The summed E-state index contributed by atoms with van der Waals surface area (Å²) < 4.78 is 11.6. The Kier molecular flexibility index (Phi) is 8.07. The van der Waals surface area contributed by atoms with Gasteiger partial charge in [-0.15, -0.1) is 0 Å². The van der Waals surface area contributed by atoms with Crippen LogP contribution in [-0.2, 0) is 14.0 Å². The third kappa shape index (κ3) is 5.63. The first-order chi connectivity index (χ1) is 16.1. The summed E-state index contributed by atoms with van der Waals surface area (Å²) >= 11 is 0. The van der Waals surface area contributed by atoms with Crippen molar-refractivity contribution >= 4 is 19.9 Å². The highest BCUT2D eigenvalue weighted by atomic mass is 28.4. The summed E-state index contributed by atoms with van der Waals surface area (Å²) in [5.74, 6) is 6.52. The molecular formula is C29H37NO3Si. The molecule has 0 aliphatic carbocycles. The van der Waals surface area contributed by atoms with Gasteiger partial charge in [0.05, 0.1) is 12.7 Å². The van der Waals surface area contributed by atoms with E-state index in [1.165, 1.54) is 7.11 Å². The minimum absolute atomic E-state index is 0.155. The van der Waals surface area contributed by atoms with Crippen molar-refractivity contribution in [1.29, 1.82) is 0 Å². The van der Waals surface area contributed by atoms with E-state index in [-0.39, 0.29) is 17.0 Å². The van der Waals surface area contributed by atoms with Crippen molar-refractivity contribution in [3.05, 3.63) is 77.0 Å². The van der Waals surface area contributed by atoms with Crippen LogP contribution >= 0.6 is 0 Å². The number of hydrogen-bond acceptors (Lipinski definition) is 4. The number of carbonyl (C=O) groups is 1. The lowest BCUT2D eigenvalue weighted by Crippen LogP contribution is -2.41. The van der Waals surface area contributed by atoms with Crippen LogP contribution in [-0.4, -0.2) is 39.4 Å². The second-order valence-electron chi connectivity index (χ2n) is 10.2. The summed E-state index contributed by atoms with van der Waals surface area (Å²) in [6.07, 6.45) is 0.851. The predicted molar refractivity (Wildman–Crippen MR) is 142 cm³/mol. The molecule has 0 aromatic heterocycles. The molecule has 1 atom stereocenters. The second-order valence-corrected chi connectivity index (χ2v) is 15.0. The number of ether oxygens (including phenoxy) is 1. The van der Waals surface area contributed by atoms with Gasteiger partial charge in [-0.05, 0) is 54.7 Å². The molecule has 0 spiro atoms. The highest BCUT2D eigenvalue weighted by Gasteiger charge is 2.37. The van der Waals surface area contributed by atoms with Crippen LogP contribution in [0.25, 0.3) is 5.57 Å². The molecule has 2 aromatic carbocycles. The zero-order chi connectivity index (χ0) is 24.9. The van der Waals surface area contributed by atoms with Crippen LogP contribution < -0.4 is 0 Å². The highest BCUT2D eigenvalue weighted by molar-refractivity contribution is 6.74. The maximum absolute atomic E-state index is 12.8. The van der Waals surface area contributed by atoms with Crippen molar-refractivity contribution in [2.24, 2.45) is 0 Å². The average molecular weight is 476 g/mol. The number of carbonyl (C=O) groups excluding carboxylic acids is 1. The Morgan fingerprint density at radius 2 is 1.71 bits per heavy atom. The summed E-state index contributed by atoms with van der Waals surface area (Å²) in [5.41, 5.74) is 4.41. The third-order valence-corrected chi connectivity index (χ3v) is 11.5. The number of rotatable bonds is 6. The Bertz CT molecular complexity index is 1100. The molecule has 0 saturated heterocycles. The van der Waals surface area contributed by atoms with Crippen molar-refractivity contribution in [2.45, 2.75) is 58.3 Å². The van der Waals surface area contributed by atoms with Crippen LogP contribution in [0.4, 0.5) is 0 Å². The summed E-state index contributed by atoms with van der Waals surface area (Å²) in [6.45, 7) is 14.7. The van der Waals surface area contributed by atoms with Crippen LogP contribution in [0.2, 0.25) is 18.1 Å². The first-order valence-electron chi connectivity index (χ1n) is 11.9. The molecule has 180 valence electrons.